The highest BCUT2D eigenvalue weighted by Gasteiger charge is 2.35. The molecule has 2 aliphatic rings. The van der Waals surface area contributed by atoms with Gasteiger partial charge in [-0.05, 0) is 49.9 Å². The molecular formula is C15H21FN2O2S. The Bertz CT molecular complexity index is 625. The second kappa shape index (κ2) is 5.34. The topological polar surface area (TPSA) is 40.6 Å². The van der Waals surface area contributed by atoms with Crippen LogP contribution in [0.2, 0.25) is 0 Å². The van der Waals surface area contributed by atoms with Gasteiger partial charge in [0.2, 0.25) is 10.0 Å². The van der Waals surface area contributed by atoms with Crippen molar-refractivity contribution in [1.29, 1.82) is 0 Å². The van der Waals surface area contributed by atoms with Crippen LogP contribution < -0.4 is 0 Å². The summed E-state index contributed by atoms with van der Waals surface area (Å²) in [6.45, 7) is 5.95. The van der Waals surface area contributed by atoms with Crippen molar-refractivity contribution in [3.8, 4) is 0 Å². The third kappa shape index (κ3) is 2.84. The molecule has 4 nitrogen and oxygen atoms in total. The lowest BCUT2D eigenvalue weighted by Gasteiger charge is -2.34. The number of halogens is 1. The van der Waals surface area contributed by atoms with Crippen LogP contribution in [0.15, 0.2) is 17.0 Å². The first kappa shape index (κ1) is 14.9. The number of nitrogens with zero attached hydrogens (tertiary/aromatic N) is 2. The van der Waals surface area contributed by atoms with Crippen LogP contribution in [0, 0.1) is 19.7 Å². The SMILES string of the molecule is Cc1cc(F)cc(C)c1S(=O)(=O)N1CCN(C2CC2)CC1. The van der Waals surface area contributed by atoms with E-state index in [9.17, 15) is 12.8 Å². The maximum absolute atomic E-state index is 13.4. The largest absolute Gasteiger partial charge is 0.298 e. The van der Waals surface area contributed by atoms with Crippen LogP contribution in [0.5, 0.6) is 0 Å². The highest BCUT2D eigenvalue weighted by molar-refractivity contribution is 7.89. The van der Waals surface area contributed by atoms with Gasteiger partial charge in [-0.3, -0.25) is 4.90 Å². The number of hydrogen-bond acceptors (Lipinski definition) is 3. The predicted octanol–water partition coefficient (Wildman–Crippen LogP) is 1.91. The molecule has 0 atom stereocenters. The van der Waals surface area contributed by atoms with E-state index in [0.29, 0.717) is 30.3 Å². The average Bonchev–Trinajstić information content (AvgIpc) is 3.21. The molecule has 0 bridgehead atoms. The number of hydrogen-bond donors (Lipinski definition) is 0. The van der Waals surface area contributed by atoms with Crippen molar-refractivity contribution in [2.75, 3.05) is 26.2 Å². The highest BCUT2D eigenvalue weighted by atomic mass is 32.2. The van der Waals surface area contributed by atoms with E-state index in [-0.39, 0.29) is 10.7 Å². The summed E-state index contributed by atoms with van der Waals surface area (Å²) >= 11 is 0. The molecule has 1 aromatic rings. The molecule has 2 fully saturated rings. The summed E-state index contributed by atoms with van der Waals surface area (Å²) in [4.78, 5) is 2.64. The Balaban J connectivity index is 1.84. The Kier molecular flexibility index (Phi) is 3.80. The van der Waals surface area contributed by atoms with Crippen LogP contribution in [0.1, 0.15) is 24.0 Å². The highest BCUT2D eigenvalue weighted by Crippen LogP contribution is 2.30. The van der Waals surface area contributed by atoms with Gasteiger partial charge in [-0.2, -0.15) is 4.31 Å². The van der Waals surface area contributed by atoms with E-state index in [1.165, 1.54) is 25.0 Å². The molecule has 0 unspecified atom stereocenters. The fraction of sp³-hybridized carbons (Fsp3) is 0.600. The van der Waals surface area contributed by atoms with Crippen molar-refractivity contribution in [1.82, 2.24) is 9.21 Å². The Morgan fingerprint density at radius 3 is 2.05 bits per heavy atom. The van der Waals surface area contributed by atoms with E-state index in [4.69, 9.17) is 0 Å². The van der Waals surface area contributed by atoms with Crippen molar-refractivity contribution >= 4 is 10.0 Å². The van der Waals surface area contributed by atoms with E-state index < -0.39 is 10.0 Å². The van der Waals surface area contributed by atoms with E-state index >= 15 is 0 Å². The predicted molar refractivity (Wildman–Crippen MR) is 79.2 cm³/mol. The van der Waals surface area contributed by atoms with Gasteiger partial charge >= 0.3 is 0 Å². The molecule has 0 amide bonds. The first-order chi connectivity index (χ1) is 9.89. The second-order valence-corrected chi connectivity index (χ2v) is 7.91. The summed E-state index contributed by atoms with van der Waals surface area (Å²) in [6.07, 6.45) is 2.48. The van der Waals surface area contributed by atoms with Gasteiger partial charge in [0.15, 0.2) is 0 Å². The van der Waals surface area contributed by atoms with Gasteiger partial charge < -0.3 is 0 Å². The van der Waals surface area contributed by atoms with Crippen LogP contribution in [-0.4, -0.2) is 49.8 Å². The molecule has 0 spiro atoms. The maximum Gasteiger partial charge on any atom is 0.243 e. The summed E-state index contributed by atoms with van der Waals surface area (Å²) in [7, 11) is -3.53. The molecule has 116 valence electrons. The average molecular weight is 312 g/mol. The van der Waals surface area contributed by atoms with Gasteiger partial charge in [0.25, 0.3) is 0 Å². The molecule has 21 heavy (non-hydrogen) atoms. The fourth-order valence-corrected chi connectivity index (χ4v) is 5.02. The molecule has 0 aromatic heterocycles. The molecular weight excluding hydrogens is 291 g/mol. The minimum Gasteiger partial charge on any atom is -0.298 e. The second-order valence-electron chi connectivity index (χ2n) is 6.04. The van der Waals surface area contributed by atoms with Crippen molar-refractivity contribution < 1.29 is 12.8 Å². The lowest BCUT2D eigenvalue weighted by atomic mass is 10.1. The number of piperazine rings is 1. The normalized spacial score (nSPS) is 21.7. The Morgan fingerprint density at radius 2 is 1.57 bits per heavy atom. The molecule has 1 aromatic carbocycles. The fourth-order valence-electron chi connectivity index (χ4n) is 3.18. The van der Waals surface area contributed by atoms with Crippen LogP contribution in [0.3, 0.4) is 0 Å². The zero-order valence-electron chi connectivity index (χ0n) is 12.5. The Morgan fingerprint density at radius 1 is 1.05 bits per heavy atom. The summed E-state index contributed by atoms with van der Waals surface area (Å²) < 4.78 is 40.5. The molecule has 1 aliphatic carbocycles. The maximum atomic E-state index is 13.4. The Labute approximate surface area is 125 Å². The zero-order chi connectivity index (χ0) is 15.2. The molecule has 1 saturated heterocycles. The van der Waals surface area contributed by atoms with Crippen molar-refractivity contribution in [2.45, 2.75) is 37.6 Å². The monoisotopic (exact) mass is 312 g/mol. The molecule has 1 aliphatic heterocycles. The van der Waals surface area contributed by atoms with Crippen molar-refractivity contribution in [3.63, 3.8) is 0 Å². The molecule has 6 heteroatoms. The van der Waals surface area contributed by atoms with Gasteiger partial charge in [0, 0.05) is 32.2 Å². The first-order valence-corrected chi connectivity index (χ1v) is 8.84. The van der Waals surface area contributed by atoms with Crippen LogP contribution >= 0.6 is 0 Å². The number of benzene rings is 1. The molecule has 3 rings (SSSR count). The smallest absolute Gasteiger partial charge is 0.243 e. The Hall–Kier alpha value is -0.980. The minimum atomic E-state index is -3.53. The summed E-state index contributed by atoms with van der Waals surface area (Å²) in [5.41, 5.74) is 0.967. The summed E-state index contributed by atoms with van der Waals surface area (Å²) in [6, 6.07) is 3.25. The van der Waals surface area contributed by atoms with E-state index in [1.54, 1.807) is 18.2 Å². The van der Waals surface area contributed by atoms with E-state index in [2.05, 4.69) is 4.90 Å². The van der Waals surface area contributed by atoms with Gasteiger partial charge in [-0.1, -0.05) is 0 Å². The standard InChI is InChI=1S/C15H21FN2O2S/c1-11-9-13(16)10-12(2)15(11)21(19,20)18-7-5-17(6-8-18)14-3-4-14/h9-10,14H,3-8H2,1-2H3. The molecule has 1 heterocycles. The third-order valence-corrected chi connectivity index (χ3v) is 6.56. The summed E-state index contributed by atoms with van der Waals surface area (Å²) in [5.74, 6) is -0.387. The molecule has 0 N–H and O–H groups in total. The van der Waals surface area contributed by atoms with Crippen LogP contribution in [-0.2, 0) is 10.0 Å². The molecule has 1 saturated carbocycles. The van der Waals surface area contributed by atoms with Crippen molar-refractivity contribution in [2.24, 2.45) is 0 Å². The quantitative estimate of drug-likeness (QED) is 0.856. The first-order valence-electron chi connectivity index (χ1n) is 7.40. The third-order valence-electron chi connectivity index (χ3n) is 4.36. The number of sulfonamides is 1. The lowest BCUT2D eigenvalue weighted by Crippen LogP contribution is -2.49. The van der Waals surface area contributed by atoms with Crippen LogP contribution in [0.25, 0.3) is 0 Å². The van der Waals surface area contributed by atoms with Gasteiger partial charge in [-0.25, -0.2) is 12.8 Å². The number of aryl methyl sites for hydroxylation is 2. The lowest BCUT2D eigenvalue weighted by molar-refractivity contribution is 0.180. The van der Waals surface area contributed by atoms with Crippen molar-refractivity contribution in [3.05, 3.63) is 29.1 Å². The van der Waals surface area contributed by atoms with Gasteiger partial charge in [0.05, 0.1) is 4.90 Å². The molecule has 0 radical (unpaired) electrons. The summed E-state index contributed by atoms with van der Waals surface area (Å²) in [5, 5.41) is 0. The number of rotatable bonds is 3. The van der Waals surface area contributed by atoms with Gasteiger partial charge in [-0.15, -0.1) is 0 Å². The van der Waals surface area contributed by atoms with Gasteiger partial charge in [0.1, 0.15) is 5.82 Å². The van der Waals surface area contributed by atoms with E-state index in [1.807, 2.05) is 0 Å². The zero-order valence-corrected chi connectivity index (χ0v) is 13.3. The van der Waals surface area contributed by atoms with E-state index in [0.717, 1.165) is 13.1 Å². The minimum absolute atomic E-state index is 0.267. The van der Waals surface area contributed by atoms with Crippen LogP contribution in [0.4, 0.5) is 4.39 Å².